The molecule has 4 nitrogen and oxygen atoms in total. The van der Waals surface area contributed by atoms with E-state index in [0.717, 1.165) is 26.2 Å². The third kappa shape index (κ3) is 2.17. The van der Waals surface area contributed by atoms with E-state index in [1.807, 2.05) is 0 Å². The van der Waals surface area contributed by atoms with E-state index in [-0.39, 0.29) is 5.54 Å². The third-order valence-electron chi connectivity index (χ3n) is 2.32. The molecule has 0 N–H and O–H groups in total. The third-order valence-corrected chi connectivity index (χ3v) is 2.32. The Bertz CT molecular complexity index is 156. The molecule has 0 amide bonds. The van der Waals surface area contributed by atoms with Gasteiger partial charge in [-0.3, -0.25) is 9.91 Å². The van der Waals surface area contributed by atoms with E-state index in [1.165, 1.54) is 0 Å². The minimum absolute atomic E-state index is 0.217. The molecular weight excluding hydrogens is 154 g/mol. The van der Waals surface area contributed by atoms with E-state index < -0.39 is 0 Å². The first kappa shape index (κ1) is 9.45. The van der Waals surface area contributed by atoms with Crippen LogP contribution in [0.3, 0.4) is 0 Å². The molecule has 0 aromatic heterocycles. The van der Waals surface area contributed by atoms with Crippen LogP contribution in [0.15, 0.2) is 5.29 Å². The largest absolute Gasteiger partial charge is 0.295 e. The lowest BCUT2D eigenvalue weighted by atomic mass is 10.1. The Kier molecular flexibility index (Phi) is 2.67. The summed E-state index contributed by atoms with van der Waals surface area (Å²) in [4.78, 5) is 12.5. The van der Waals surface area contributed by atoms with E-state index in [0.29, 0.717) is 0 Å². The maximum atomic E-state index is 10.2. The standard InChI is InChI=1S/C8H17N3O/c1-8(2,3)10-4-6-11(9-12)7-5-10/h4-7H2,1-3H3. The van der Waals surface area contributed by atoms with Crippen molar-refractivity contribution in [3.05, 3.63) is 4.91 Å². The Morgan fingerprint density at radius 2 is 1.58 bits per heavy atom. The van der Waals surface area contributed by atoms with Crippen molar-refractivity contribution >= 4 is 0 Å². The lowest BCUT2D eigenvalue weighted by Gasteiger charge is -2.40. The van der Waals surface area contributed by atoms with E-state index in [4.69, 9.17) is 0 Å². The van der Waals surface area contributed by atoms with Crippen molar-refractivity contribution in [3.8, 4) is 0 Å². The van der Waals surface area contributed by atoms with Gasteiger partial charge in [0.1, 0.15) is 0 Å². The Morgan fingerprint density at radius 1 is 1.08 bits per heavy atom. The molecule has 1 saturated heterocycles. The van der Waals surface area contributed by atoms with Crippen molar-refractivity contribution in [2.24, 2.45) is 5.29 Å². The van der Waals surface area contributed by atoms with Crippen LogP contribution in [-0.2, 0) is 0 Å². The lowest BCUT2D eigenvalue weighted by molar-refractivity contribution is 0.0629. The molecule has 0 saturated carbocycles. The van der Waals surface area contributed by atoms with Gasteiger partial charge in [-0.15, -0.1) is 4.91 Å². The average molecular weight is 171 g/mol. The Hall–Kier alpha value is -0.640. The molecule has 1 aliphatic rings. The van der Waals surface area contributed by atoms with Gasteiger partial charge in [-0.25, -0.2) is 0 Å². The topological polar surface area (TPSA) is 35.9 Å². The van der Waals surface area contributed by atoms with Gasteiger partial charge in [-0.2, -0.15) is 0 Å². The van der Waals surface area contributed by atoms with Crippen molar-refractivity contribution in [1.29, 1.82) is 0 Å². The van der Waals surface area contributed by atoms with E-state index >= 15 is 0 Å². The second-order valence-corrected chi connectivity index (χ2v) is 4.19. The van der Waals surface area contributed by atoms with Crippen LogP contribution in [0.4, 0.5) is 0 Å². The van der Waals surface area contributed by atoms with Crippen LogP contribution in [-0.4, -0.2) is 41.6 Å². The summed E-state index contributed by atoms with van der Waals surface area (Å²) in [6, 6.07) is 0. The highest BCUT2D eigenvalue weighted by Crippen LogP contribution is 2.15. The van der Waals surface area contributed by atoms with Gasteiger partial charge < -0.3 is 0 Å². The van der Waals surface area contributed by atoms with E-state index in [2.05, 4.69) is 31.0 Å². The summed E-state index contributed by atoms with van der Waals surface area (Å²) >= 11 is 0. The molecule has 0 unspecified atom stereocenters. The predicted octanol–water partition coefficient (Wildman–Crippen LogP) is 1.08. The van der Waals surface area contributed by atoms with Crippen molar-refractivity contribution in [2.45, 2.75) is 26.3 Å². The molecule has 1 fully saturated rings. The summed E-state index contributed by atoms with van der Waals surface area (Å²) in [5, 5.41) is 4.51. The van der Waals surface area contributed by atoms with Crippen LogP contribution in [0.25, 0.3) is 0 Å². The first-order chi connectivity index (χ1) is 5.54. The number of hydrogen-bond acceptors (Lipinski definition) is 3. The minimum atomic E-state index is 0.217. The van der Waals surface area contributed by atoms with E-state index in [1.54, 1.807) is 5.01 Å². The molecule has 12 heavy (non-hydrogen) atoms. The molecule has 0 atom stereocenters. The smallest absolute Gasteiger partial charge is 0.0524 e. The number of hydrogen-bond donors (Lipinski definition) is 0. The van der Waals surface area contributed by atoms with E-state index in [9.17, 15) is 4.91 Å². The number of piperazine rings is 1. The molecule has 1 rings (SSSR count). The van der Waals surface area contributed by atoms with Gasteiger partial charge in [-0.05, 0) is 20.8 Å². The Balaban J connectivity index is 2.41. The normalized spacial score (nSPS) is 21.1. The van der Waals surface area contributed by atoms with Gasteiger partial charge in [0, 0.05) is 18.6 Å². The first-order valence-corrected chi connectivity index (χ1v) is 4.37. The minimum Gasteiger partial charge on any atom is -0.295 e. The van der Waals surface area contributed by atoms with Crippen LogP contribution in [0.5, 0.6) is 0 Å². The zero-order chi connectivity index (χ0) is 9.19. The molecule has 0 aliphatic carbocycles. The zero-order valence-electron chi connectivity index (χ0n) is 8.08. The Morgan fingerprint density at radius 3 is 1.92 bits per heavy atom. The fraction of sp³-hybridized carbons (Fsp3) is 1.00. The fourth-order valence-electron chi connectivity index (χ4n) is 1.45. The molecule has 0 bridgehead atoms. The van der Waals surface area contributed by atoms with Gasteiger partial charge in [-0.1, -0.05) is 0 Å². The molecule has 70 valence electrons. The van der Waals surface area contributed by atoms with Crippen LogP contribution in [0.2, 0.25) is 0 Å². The van der Waals surface area contributed by atoms with Gasteiger partial charge in [0.05, 0.1) is 18.4 Å². The lowest BCUT2D eigenvalue weighted by Crippen LogP contribution is -2.51. The summed E-state index contributed by atoms with van der Waals surface area (Å²) in [6.45, 7) is 9.98. The molecule has 1 aliphatic heterocycles. The van der Waals surface area contributed by atoms with Gasteiger partial charge in [0.15, 0.2) is 0 Å². The molecule has 4 heteroatoms. The molecule has 1 heterocycles. The summed E-state index contributed by atoms with van der Waals surface area (Å²) < 4.78 is 0. The maximum Gasteiger partial charge on any atom is 0.0524 e. The highest BCUT2D eigenvalue weighted by Gasteiger charge is 2.25. The van der Waals surface area contributed by atoms with Gasteiger partial charge in [0.25, 0.3) is 0 Å². The molecule has 0 radical (unpaired) electrons. The fourth-order valence-corrected chi connectivity index (χ4v) is 1.45. The molecule has 0 aromatic rings. The number of nitroso groups, excluding NO2 is 1. The maximum absolute atomic E-state index is 10.2. The second-order valence-electron chi connectivity index (χ2n) is 4.19. The number of rotatable bonds is 1. The first-order valence-electron chi connectivity index (χ1n) is 4.37. The SMILES string of the molecule is CC(C)(C)N1CCN(N=O)CC1. The zero-order valence-corrected chi connectivity index (χ0v) is 8.08. The van der Waals surface area contributed by atoms with Crippen LogP contribution in [0.1, 0.15) is 20.8 Å². The monoisotopic (exact) mass is 171 g/mol. The quantitative estimate of drug-likeness (QED) is 0.554. The summed E-state index contributed by atoms with van der Waals surface area (Å²) in [5.41, 5.74) is 0.217. The molecular formula is C8H17N3O. The second kappa shape index (κ2) is 3.39. The van der Waals surface area contributed by atoms with Crippen molar-refractivity contribution < 1.29 is 0 Å². The average Bonchev–Trinajstić information content (AvgIpc) is 2.03. The number of nitrogens with zero attached hydrogens (tertiary/aromatic N) is 3. The van der Waals surface area contributed by atoms with Crippen LogP contribution >= 0.6 is 0 Å². The molecule has 0 spiro atoms. The van der Waals surface area contributed by atoms with Crippen LogP contribution in [0, 0.1) is 4.91 Å². The molecule has 0 aromatic carbocycles. The summed E-state index contributed by atoms with van der Waals surface area (Å²) in [6.07, 6.45) is 0. The van der Waals surface area contributed by atoms with Crippen LogP contribution < -0.4 is 0 Å². The van der Waals surface area contributed by atoms with Crippen molar-refractivity contribution in [1.82, 2.24) is 9.91 Å². The highest BCUT2D eigenvalue weighted by atomic mass is 16.3. The van der Waals surface area contributed by atoms with Gasteiger partial charge >= 0.3 is 0 Å². The Labute approximate surface area is 73.5 Å². The van der Waals surface area contributed by atoms with Gasteiger partial charge in [0.2, 0.25) is 0 Å². The van der Waals surface area contributed by atoms with Crippen molar-refractivity contribution in [3.63, 3.8) is 0 Å². The summed E-state index contributed by atoms with van der Waals surface area (Å²) in [7, 11) is 0. The highest BCUT2D eigenvalue weighted by molar-refractivity contribution is 4.80. The summed E-state index contributed by atoms with van der Waals surface area (Å²) in [5.74, 6) is 0. The predicted molar refractivity (Wildman–Crippen MR) is 48.7 cm³/mol. The van der Waals surface area contributed by atoms with Crippen molar-refractivity contribution in [2.75, 3.05) is 26.2 Å².